The van der Waals surface area contributed by atoms with Crippen molar-refractivity contribution in [1.82, 2.24) is 5.32 Å². The highest BCUT2D eigenvalue weighted by molar-refractivity contribution is 9.10. The van der Waals surface area contributed by atoms with Crippen LogP contribution < -0.4 is 5.32 Å². The second kappa shape index (κ2) is 5.80. The van der Waals surface area contributed by atoms with Gasteiger partial charge in [-0.05, 0) is 34.3 Å². The van der Waals surface area contributed by atoms with E-state index in [9.17, 15) is 0 Å². The van der Waals surface area contributed by atoms with Crippen LogP contribution in [0, 0.1) is 0 Å². The van der Waals surface area contributed by atoms with Crippen LogP contribution >= 0.6 is 27.3 Å². The van der Waals surface area contributed by atoms with E-state index in [1.165, 1.54) is 9.35 Å². The molecule has 0 radical (unpaired) electrons. The monoisotopic (exact) mass is 319 g/mol. The highest BCUT2D eigenvalue weighted by Gasteiger charge is 2.35. The summed E-state index contributed by atoms with van der Waals surface area (Å²) in [5, 5.41) is 5.63. The summed E-state index contributed by atoms with van der Waals surface area (Å²) in [6, 6.07) is 2.42. The Morgan fingerprint density at radius 3 is 3.06 bits per heavy atom. The molecule has 1 saturated heterocycles. The standard InChI is InChI=1S/C12H18BrNO2S/c1-9(11-10(13)3-6-17-11)14-7-12(15-2)4-5-16-8-12/h3,6,9,14H,4-5,7-8H2,1-2H3. The molecule has 0 amide bonds. The molecule has 0 aliphatic carbocycles. The van der Waals surface area contributed by atoms with E-state index in [1.54, 1.807) is 18.4 Å². The molecule has 2 heterocycles. The predicted molar refractivity (Wildman–Crippen MR) is 73.6 cm³/mol. The zero-order valence-electron chi connectivity index (χ0n) is 10.2. The molecule has 0 aromatic carbocycles. The first-order valence-electron chi connectivity index (χ1n) is 5.76. The highest BCUT2D eigenvalue weighted by Crippen LogP contribution is 2.29. The molecular weight excluding hydrogens is 302 g/mol. The fourth-order valence-corrected chi connectivity index (χ4v) is 3.76. The van der Waals surface area contributed by atoms with Gasteiger partial charge in [0.2, 0.25) is 0 Å². The minimum absolute atomic E-state index is 0.141. The van der Waals surface area contributed by atoms with Gasteiger partial charge in [-0.3, -0.25) is 0 Å². The van der Waals surface area contributed by atoms with Gasteiger partial charge in [0.25, 0.3) is 0 Å². The molecule has 1 aromatic heterocycles. The van der Waals surface area contributed by atoms with Crippen molar-refractivity contribution in [3.8, 4) is 0 Å². The first-order valence-corrected chi connectivity index (χ1v) is 7.43. The van der Waals surface area contributed by atoms with Gasteiger partial charge in [0.1, 0.15) is 5.60 Å². The maximum atomic E-state index is 5.60. The maximum absolute atomic E-state index is 5.60. The molecule has 1 aromatic rings. The van der Waals surface area contributed by atoms with Gasteiger partial charge in [-0.1, -0.05) is 0 Å². The molecule has 1 aliphatic heterocycles. The first kappa shape index (κ1) is 13.5. The maximum Gasteiger partial charge on any atom is 0.106 e. The van der Waals surface area contributed by atoms with Crippen molar-refractivity contribution in [2.75, 3.05) is 26.9 Å². The summed E-state index contributed by atoms with van der Waals surface area (Å²) in [4.78, 5) is 1.33. The number of methoxy groups -OCH3 is 1. The van der Waals surface area contributed by atoms with Crippen LogP contribution in [0.4, 0.5) is 0 Å². The molecule has 0 bridgehead atoms. The van der Waals surface area contributed by atoms with Crippen molar-refractivity contribution in [2.45, 2.75) is 25.0 Å². The highest BCUT2D eigenvalue weighted by atomic mass is 79.9. The first-order chi connectivity index (χ1) is 8.17. The number of rotatable bonds is 5. The smallest absolute Gasteiger partial charge is 0.106 e. The van der Waals surface area contributed by atoms with E-state index in [2.05, 4.69) is 39.6 Å². The van der Waals surface area contributed by atoms with Crippen LogP contribution in [0.15, 0.2) is 15.9 Å². The lowest BCUT2D eigenvalue weighted by molar-refractivity contribution is -0.0171. The largest absolute Gasteiger partial charge is 0.378 e. The summed E-state index contributed by atoms with van der Waals surface area (Å²) < 4.78 is 12.2. The third-order valence-electron chi connectivity index (χ3n) is 3.27. The molecule has 2 rings (SSSR count). The van der Waals surface area contributed by atoms with Gasteiger partial charge in [0.05, 0.1) is 6.61 Å². The van der Waals surface area contributed by atoms with Crippen LogP contribution in [0.5, 0.6) is 0 Å². The fraction of sp³-hybridized carbons (Fsp3) is 0.667. The third-order valence-corrected chi connectivity index (χ3v) is 5.32. The third kappa shape index (κ3) is 3.09. The van der Waals surface area contributed by atoms with E-state index in [1.807, 2.05) is 0 Å². The van der Waals surface area contributed by atoms with Crippen LogP contribution in [0.3, 0.4) is 0 Å². The molecule has 2 atom stereocenters. The van der Waals surface area contributed by atoms with Gasteiger partial charge in [-0.2, -0.15) is 0 Å². The number of ether oxygens (including phenoxy) is 2. The number of hydrogen-bond donors (Lipinski definition) is 1. The number of hydrogen-bond acceptors (Lipinski definition) is 4. The summed E-state index contributed by atoms with van der Waals surface area (Å²) in [6.45, 7) is 4.49. The van der Waals surface area contributed by atoms with Crippen molar-refractivity contribution in [3.05, 3.63) is 20.8 Å². The van der Waals surface area contributed by atoms with Crippen LogP contribution in [0.25, 0.3) is 0 Å². The Balaban J connectivity index is 1.91. The quantitative estimate of drug-likeness (QED) is 0.905. The second-order valence-electron chi connectivity index (χ2n) is 4.43. The summed E-state index contributed by atoms with van der Waals surface area (Å²) >= 11 is 5.33. The van der Waals surface area contributed by atoms with Crippen LogP contribution in [-0.4, -0.2) is 32.5 Å². The SMILES string of the molecule is COC1(CNC(C)c2sccc2Br)CCOC1. The summed E-state index contributed by atoms with van der Waals surface area (Å²) in [5.74, 6) is 0. The number of nitrogens with one attached hydrogen (secondary N) is 1. The predicted octanol–water partition coefficient (Wildman–Crippen LogP) is 2.97. The molecule has 1 aliphatic rings. The van der Waals surface area contributed by atoms with Crippen molar-refractivity contribution in [1.29, 1.82) is 0 Å². The van der Waals surface area contributed by atoms with E-state index in [0.717, 1.165) is 19.6 Å². The molecule has 5 heteroatoms. The molecule has 0 spiro atoms. The summed E-state index contributed by atoms with van der Waals surface area (Å²) in [7, 11) is 1.77. The molecule has 3 nitrogen and oxygen atoms in total. The zero-order valence-corrected chi connectivity index (χ0v) is 12.6. The van der Waals surface area contributed by atoms with E-state index >= 15 is 0 Å². The van der Waals surface area contributed by atoms with Gasteiger partial charge in [0.15, 0.2) is 0 Å². The second-order valence-corrected chi connectivity index (χ2v) is 6.23. The van der Waals surface area contributed by atoms with Gasteiger partial charge >= 0.3 is 0 Å². The topological polar surface area (TPSA) is 30.5 Å². The average molecular weight is 320 g/mol. The van der Waals surface area contributed by atoms with Crippen LogP contribution in [-0.2, 0) is 9.47 Å². The Bertz CT molecular complexity index is 363. The van der Waals surface area contributed by atoms with Crippen molar-refractivity contribution in [2.24, 2.45) is 0 Å². The Labute approximate surface area is 115 Å². The van der Waals surface area contributed by atoms with Gasteiger partial charge in [-0.25, -0.2) is 0 Å². The Kier molecular flexibility index (Phi) is 4.60. The zero-order chi connectivity index (χ0) is 12.3. The fourth-order valence-electron chi connectivity index (χ4n) is 2.01. The van der Waals surface area contributed by atoms with E-state index in [4.69, 9.17) is 9.47 Å². The molecule has 17 heavy (non-hydrogen) atoms. The van der Waals surface area contributed by atoms with Crippen molar-refractivity contribution in [3.63, 3.8) is 0 Å². The number of thiophene rings is 1. The van der Waals surface area contributed by atoms with Crippen molar-refractivity contribution < 1.29 is 9.47 Å². The summed E-state index contributed by atoms with van der Waals surface area (Å²) in [6.07, 6.45) is 0.967. The lowest BCUT2D eigenvalue weighted by Crippen LogP contribution is -2.43. The van der Waals surface area contributed by atoms with Crippen LogP contribution in [0.2, 0.25) is 0 Å². The molecular formula is C12H18BrNO2S. The lowest BCUT2D eigenvalue weighted by Gasteiger charge is -2.27. The Hall–Kier alpha value is 0.0600. The molecule has 96 valence electrons. The normalized spacial score (nSPS) is 26.3. The molecule has 1 N–H and O–H groups in total. The number of halogens is 1. The lowest BCUT2D eigenvalue weighted by atomic mass is 10.0. The summed E-state index contributed by atoms with van der Waals surface area (Å²) in [5.41, 5.74) is -0.141. The van der Waals surface area contributed by atoms with Crippen molar-refractivity contribution >= 4 is 27.3 Å². The minimum Gasteiger partial charge on any atom is -0.378 e. The van der Waals surface area contributed by atoms with Gasteiger partial charge < -0.3 is 14.8 Å². The van der Waals surface area contributed by atoms with Gasteiger partial charge in [-0.15, -0.1) is 11.3 Å². The van der Waals surface area contributed by atoms with E-state index in [0.29, 0.717) is 12.6 Å². The average Bonchev–Trinajstić information content (AvgIpc) is 2.95. The van der Waals surface area contributed by atoms with Gasteiger partial charge in [0, 0.05) is 42.1 Å². The van der Waals surface area contributed by atoms with E-state index in [-0.39, 0.29) is 5.60 Å². The van der Waals surface area contributed by atoms with E-state index < -0.39 is 0 Å². The molecule has 1 fully saturated rings. The molecule has 0 saturated carbocycles. The Morgan fingerprint density at radius 1 is 1.71 bits per heavy atom. The Morgan fingerprint density at radius 2 is 2.53 bits per heavy atom. The minimum atomic E-state index is -0.141. The molecule has 2 unspecified atom stereocenters. The van der Waals surface area contributed by atoms with Crippen LogP contribution in [0.1, 0.15) is 24.3 Å².